The van der Waals surface area contributed by atoms with Gasteiger partial charge in [0, 0.05) is 6.08 Å². The predicted octanol–water partition coefficient (Wildman–Crippen LogP) is 2.68. The molecule has 0 radical (unpaired) electrons. The topological polar surface area (TPSA) is 151 Å². The van der Waals surface area contributed by atoms with Crippen molar-refractivity contribution in [2.45, 2.75) is 18.6 Å². The van der Waals surface area contributed by atoms with E-state index < -0.39 is 36.5 Å². The zero-order valence-electron chi connectivity index (χ0n) is 16.8. The van der Waals surface area contributed by atoms with Crippen LogP contribution in [0.4, 0.5) is 0 Å². The molecule has 0 spiro atoms. The summed E-state index contributed by atoms with van der Waals surface area (Å²) in [5.41, 5.74) is 1.30. The number of rotatable bonds is 11. The largest absolute Gasteiger partial charge is 0.508 e. The van der Waals surface area contributed by atoms with E-state index in [4.69, 9.17) is 14.6 Å². The number of carboxylic acid groups (broad SMARTS) is 2. The number of carbonyl (C=O) groups excluding carboxylic acids is 1. The third-order valence-electron chi connectivity index (χ3n) is 4.10. The highest BCUT2D eigenvalue weighted by molar-refractivity contribution is 5.88. The summed E-state index contributed by atoms with van der Waals surface area (Å²) in [6.45, 7) is -0.186. The lowest BCUT2D eigenvalue weighted by Crippen LogP contribution is -2.41. The van der Waals surface area contributed by atoms with Crippen molar-refractivity contribution in [1.29, 1.82) is 0 Å². The normalized spacial score (nSPS) is 13.1. The maximum Gasteiger partial charge on any atom is 0.336 e. The minimum atomic E-state index is -1.71. The monoisotopic (exact) mass is 442 g/mol. The minimum Gasteiger partial charge on any atom is -0.508 e. The molecule has 0 aromatic heterocycles. The summed E-state index contributed by atoms with van der Waals surface area (Å²) >= 11 is 0. The predicted molar refractivity (Wildman–Crippen MR) is 114 cm³/mol. The molecule has 0 amide bonds. The van der Waals surface area contributed by atoms with Gasteiger partial charge in [-0.05, 0) is 41.5 Å². The number of benzene rings is 2. The first-order chi connectivity index (χ1) is 15.2. The first-order valence-corrected chi connectivity index (χ1v) is 9.44. The van der Waals surface area contributed by atoms with E-state index in [9.17, 15) is 29.7 Å². The van der Waals surface area contributed by atoms with Crippen LogP contribution in [0.2, 0.25) is 0 Å². The Morgan fingerprint density at radius 1 is 0.844 bits per heavy atom. The van der Waals surface area contributed by atoms with Gasteiger partial charge in [0.05, 0.1) is 13.0 Å². The maximum atomic E-state index is 12.1. The van der Waals surface area contributed by atoms with Crippen LogP contribution in [0.15, 0.2) is 60.7 Å². The van der Waals surface area contributed by atoms with Crippen LogP contribution >= 0.6 is 0 Å². The number of aliphatic carboxylic acids is 2. The molecule has 2 aromatic carbocycles. The Morgan fingerprint density at radius 3 is 1.88 bits per heavy atom. The van der Waals surface area contributed by atoms with E-state index in [1.165, 1.54) is 48.6 Å². The minimum absolute atomic E-state index is 0.0483. The molecule has 9 nitrogen and oxygen atoms in total. The molecule has 0 bridgehead atoms. The van der Waals surface area contributed by atoms with E-state index >= 15 is 0 Å². The first kappa shape index (κ1) is 24.2. The second-order valence-electron chi connectivity index (χ2n) is 6.58. The van der Waals surface area contributed by atoms with Crippen LogP contribution in [-0.4, -0.2) is 57.1 Å². The van der Waals surface area contributed by atoms with E-state index in [0.29, 0.717) is 5.56 Å². The van der Waals surface area contributed by atoms with E-state index in [1.807, 2.05) is 0 Å². The van der Waals surface area contributed by atoms with Gasteiger partial charge in [0.2, 0.25) is 0 Å². The molecule has 0 saturated carbocycles. The van der Waals surface area contributed by atoms with Gasteiger partial charge in [0.1, 0.15) is 17.6 Å². The Hall–Kier alpha value is -4.11. The summed E-state index contributed by atoms with van der Waals surface area (Å²) in [6, 6.07) is 12.1. The second-order valence-corrected chi connectivity index (χ2v) is 6.58. The van der Waals surface area contributed by atoms with Crippen LogP contribution in [0.3, 0.4) is 0 Å². The third kappa shape index (κ3) is 8.33. The molecule has 0 unspecified atom stereocenters. The Kier molecular flexibility index (Phi) is 9.00. The molecule has 4 N–H and O–H groups in total. The van der Waals surface area contributed by atoms with E-state index in [2.05, 4.69) is 0 Å². The Bertz CT molecular complexity index is 976. The lowest BCUT2D eigenvalue weighted by atomic mass is 10.1. The first-order valence-electron chi connectivity index (χ1n) is 9.44. The summed E-state index contributed by atoms with van der Waals surface area (Å²) in [5.74, 6) is -3.64. The average molecular weight is 442 g/mol. The van der Waals surface area contributed by atoms with Gasteiger partial charge >= 0.3 is 17.9 Å². The van der Waals surface area contributed by atoms with E-state index in [0.717, 1.165) is 11.6 Å². The molecule has 0 aliphatic rings. The standard InChI is InChI=1S/C23H22O9/c24-17-8-3-15(4-9-17)2-1-13-31-22(23(29)30)19(14-20(26)27)32-21(28)12-7-16-5-10-18(25)11-6-16/h1-12,19,22,24-25H,13-14H2,(H,26,27)(H,29,30)/t19-,22+/m0/s1. The lowest BCUT2D eigenvalue weighted by molar-refractivity contribution is -0.169. The summed E-state index contributed by atoms with van der Waals surface area (Å²) in [7, 11) is 0. The van der Waals surface area contributed by atoms with Crippen molar-refractivity contribution in [2.24, 2.45) is 0 Å². The molecular weight excluding hydrogens is 420 g/mol. The number of esters is 1. The SMILES string of the molecule is O=C(O)C[C@H](OC(=O)C=Cc1ccc(O)cc1)[C@@H](OCC=Cc1ccc(O)cc1)C(=O)O. The van der Waals surface area contributed by atoms with Crippen LogP contribution < -0.4 is 0 Å². The van der Waals surface area contributed by atoms with Crippen molar-refractivity contribution < 1.29 is 44.3 Å². The highest BCUT2D eigenvalue weighted by Gasteiger charge is 2.33. The van der Waals surface area contributed by atoms with Crippen molar-refractivity contribution in [3.05, 3.63) is 71.8 Å². The molecule has 0 aliphatic heterocycles. The number of aromatic hydroxyl groups is 2. The highest BCUT2D eigenvalue weighted by Crippen LogP contribution is 2.14. The van der Waals surface area contributed by atoms with Crippen LogP contribution in [0, 0.1) is 0 Å². The van der Waals surface area contributed by atoms with Crippen molar-refractivity contribution in [3.63, 3.8) is 0 Å². The fraction of sp³-hybridized carbons (Fsp3) is 0.174. The molecule has 2 aromatic rings. The van der Waals surface area contributed by atoms with Crippen molar-refractivity contribution >= 4 is 30.1 Å². The van der Waals surface area contributed by atoms with Gasteiger partial charge < -0.3 is 29.9 Å². The fourth-order valence-electron chi connectivity index (χ4n) is 2.59. The van der Waals surface area contributed by atoms with Gasteiger partial charge in [-0.3, -0.25) is 4.79 Å². The molecule has 0 saturated heterocycles. The molecule has 32 heavy (non-hydrogen) atoms. The Labute approximate surface area is 183 Å². The smallest absolute Gasteiger partial charge is 0.336 e. The zero-order chi connectivity index (χ0) is 23.5. The van der Waals surface area contributed by atoms with E-state index in [-0.39, 0.29) is 18.1 Å². The van der Waals surface area contributed by atoms with Gasteiger partial charge in [-0.15, -0.1) is 0 Å². The fourth-order valence-corrected chi connectivity index (χ4v) is 2.59. The van der Waals surface area contributed by atoms with Gasteiger partial charge in [0.15, 0.2) is 6.10 Å². The summed E-state index contributed by atoms with van der Waals surface area (Å²) in [4.78, 5) is 34.9. The number of carboxylic acids is 2. The van der Waals surface area contributed by atoms with Gasteiger partial charge in [-0.2, -0.15) is 0 Å². The molecule has 9 heteroatoms. The molecule has 2 rings (SSSR count). The average Bonchev–Trinajstić information content (AvgIpc) is 2.73. The number of hydrogen-bond donors (Lipinski definition) is 4. The number of hydrogen-bond acceptors (Lipinski definition) is 7. The molecule has 2 atom stereocenters. The highest BCUT2D eigenvalue weighted by atomic mass is 16.6. The van der Waals surface area contributed by atoms with Crippen LogP contribution in [-0.2, 0) is 23.9 Å². The van der Waals surface area contributed by atoms with Crippen LogP contribution in [0.25, 0.3) is 12.2 Å². The second kappa shape index (κ2) is 11.9. The lowest BCUT2D eigenvalue weighted by Gasteiger charge is -2.22. The summed E-state index contributed by atoms with van der Waals surface area (Å²) in [5, 5.41) is 37.1. The van der Waals surface area contributed by atoms with Gasteiger partial charge in [0.25, 0.3) is 0 Å². The summed E-state index contributed by atoms with van der Waals surface area (Å²) in [6.07, 6.45) is 1.48. The van der Waals surface area contributed by atoms with Crippen molar-refractivity contribution in [2.75, 3.05) is 6.61 Å². The van der Waals surface area contributed by atoms with Crippen molar-refractivity contribution in [1.82, 2.24) is 0 Å². The van der Waals surface area contributed by atoms with Crippen molar-refractivity contribution in [3.8, 4) is 11.5 Å². The summed E-state index contributed by atoms with van der Waals surface area (Å²) < 4.78 is 10.3. The maximum absolute atomic E-state index is 12.1. The number of carbonyl (C=O) groups is 3. The van der Waals surface area contributed by atoms with Crippen LogP contribution in [0.1, 0.15) is 17.5 Å². The molecule has 168 valence electrons. The van der Waals surface area contributed by atoms with Gasteiger partial charge in [-0.1, -0.05) is 36.4 Å². The van der Waals surface area contributed by atoms with E-state index in [1.54, 1.807) is 18.2 Å². The quantitative estimate of drug-likeness (QED) is 0.304. The number of phenolic OH excluding ortho intramolecular Hbond substituents is 2. The third-order valence-corrected chi connectivity index (χ3v) is 4.10. The van der Waals surface area contributed by atoms with Gasteiger partial charge in [-0.25, -0.2) is 9.59 Å². The molecule has 0 aliphatic carbocycles. The molecule has 0 fully saturated rings. The number of ether oxygens (including phenoxy) is 2. The Morgan fingerprint density at radius 2 is 1.38 bits per heavy atom. The number of phenols is 2. The zero-order valence-corrected chi connectivity index (χ0v) is 16.8. The Balaban J connectivity index is 2.02. The molecule has 0 heterocycles. The van der Waals surface area contributed by atoms with Crippen LogP contribution in [0.5, 0.6) is 11.5 Å². The molecular formula is C23H22O9.